The van der Waals surface area contributed by atoms with Crippen molar-refractivity contribution < 1.29 is 4.79 Å². The highest BCUT2D eigenvalue weighted by Gasteiger charge is 2.28. The Morgan fingerprint density at radius 1 is 0.944 bits per heavy atom. The maximum Gasteiger partial charge on any atom is 0.260 e. The van der Waals surface area contributed by atoms with Crippen LogP contribution < -0.4 is 16.2 Å². The van der Waals surface area contributed by atoms with E-state index in [9.17, 15) is 4.79 Å². The Morgan fingerprint density at radius 2 is 1.75 bits per heavy atom. The van der Waals surface area contributed by atoms with Gasteiger partial charge in [0.05, 0.1) is 11.9 Å². The average molecular weight is 484 g/mol. The number of hydrogen-bond donors (Lipinski definition) is 3. The molecule has 4 aromatic rings. The summed E-state index contributed by atoms with van der Waals surface area (Å²) < 4.78 is 1.71. The Hall–Kier alpha value is -4.31. The number of aryl methyl sites for hydroxylation is 1. The standard InChI is InChI=1S/C26H29N9O/c1-34-23(12-15-29-34)31-26-28-14-11-21(30-26)20-10-13-27-22(18-20)32-33-25(36)24(19-8-4-2-5-9-19)35-16-6-3-7-17-35/h2,4-5,8-15,18,24H,3,6-7,16-17H2,1H3,(H,27,32)(H,33,36)(H,28,30,31). The summed E-state index contributed by atoms with van der Waals surface area (Å²) in [5, 5.41) is 7.31. The fourth-order valence-corrected chi connectivity index (χ4v) is 4.38. The van der Waals surface area contributed by atoms with Crippen LogP contribution in [0.25, 0.3) is 11.3 Å². The molecule has 10 nitrogen and oxygen atoms in total. The van der Waals surface area contributed by atoms with Gasteiger partial charge in [0.1, 0.15) is 17.7 Å². The van der Waals surface area contributed by atoms with Crippen molar-refractivity contribution in [3.8, 4) is 11.3 Å². The van der Waals surface area contributed by atoms with Gasteiger partial charge in [-0.3, -0.25) is 25.2 Å². The Bertz CT molecular complexity index is 1300. The van der Waals surface area contributed by atoms with Crippen LogP contribution in [0.5, 0.6) is 0 Å². The molecule has 1 aliphatic heterocycles. The SMILES string of the molecule is Cn1nccc1Nc1nccc(-c2ccnc(NNC(=O)C(c3ccccc3)N3CCCCC3)c2)n1. The van der Waals surface area contributed by atoms with Crippen molar-refractivity contribution in [2.45, 2.75) is 25.3 Å². The van der Waals surface area contributed by atoms with Crippen LogP contribution in [0.3, 0.4) is 0 Å². The predicted octanol–water partition coefficient (Wildman–Crippen LogP) is 3.69. The smallest absolute Gasteiger partial charge is 0.260 e. The molecule has 0 radical (unpaired) electrons. The molecule has 10 heteroatoms. The number of piperidine rings is 1. The summed E-state index contributed by atoms with van der Waals surface area (Å²) in [5.41, 5.74) is 8.41. The molecule has 1 aromatic carbocycles. The molecule has 0 spiro atoms. The van der Waals surface area contributed by atoms with Crippen LogP contribution in [0.1, 0.15) is 30.9 Å². The van der Waals surface area contributed by atoms with E-state index in [1.54, 1.807) is 23.3 Å². The molecule has 5 rings (SSSR count). The van der Waals surface area contributed by atoms with Gasteiger partial charge in [-0.15, -0.1) is 0 Å². The number of nitrogens with zero attached hydrogens (tertiary/aromatic N) is 6. The van der Waals surface area contributed by atoms with E-state index in [0.29, 0.717) is 11.8 Å². The van der Waals surface area contributed by atoms with Crippen molar-refractivity contribution in [1.29, 1.82) is 0 Å². The van der Waals surface area contributed by atoms with Gasteiger partial charge in [-0.1, -0.05) is 36.8 Å². The highest BCUT2D eigenvalue weighted by molar-refractivity contribution is 5.84. The molecule has 3 N–H and O–H groups in total. The van der Waals surface area contributed by atoms with Crippen molar-refractivity contribution in [1.82, 2.24) is 35.1 Å². The number of aromatic nitrogens is 5. The minimum absolute atomic E-state index is 0.111. The average Bonchev–Trinajstić information content (AvgIpc) is 3.33. The predicted molar refractivity (Wildman–Crippen MR) is 138 cm³/mol. The van der Waals surface area contributed by atoms with E-state index in [2.05, 4.69) is 41.1 Å². The van der Waals surface area contributed by atoms with Crippen LogP contribution in [0.15, 0.2) is 73.2 Å². The van der Waals surface area contributed by atoms with Gasteiger partial charge in [-0.25, -0.2) is 15.0 Å². The first-order valence-corrected chi connectivity index (χ1v) is 12.1. The number of benzene rings is 1. The zero-order valence-corrected chi connectivity index (χ0v) is 20.1. The number of pyridine rings is 1. The van der Waals surface area contributed by atoms with Crippen LogP contribution in [-0.2, 0) is 11.8 Å². The van der Waals surface area contributed by atoms with E-state index in [1.807, 2.05) is 61.6 Å². The maximum absolute atomic E-state index is 13.3. The molecular formula is C26H29N9O. The Morgan fingerprint density at radius 3 is 2.53 bits per heavy atom. The summed E-state index contributed by atoms with van der Waals surface area (Å²) in [6.45, 7) is 1.81. The first-order chi connectivity index (χ1) is 17.7. The second kappa shape index (κ2) is 11.0. The van der Waals surface area contributed by atoms with Crippen molar-refractivity contribution in [2.75, 3.05) is 23.8 Å². The fraction of sp³-hybridized carbons (Fsp3) is 0.269. The lowest BCUT2D eigenvalue weighted by Crippen LogP contribution is -2.44. The lowest BCUT2D eigenvalue weighted by atomic mass is 10.0. The number of likely N-dealkylation sites (tertiary alicyclic amines) is 1. The maximum atomic E-state index is 13.3. The van der Waals surface area contributed by atoms with E-state index in [1.165, 1.54) is 6.42 Å². The highest BCUT2D eigenvalue weighted by Crippen LogP contribution is 2.25. The summed E-state index contributed by atoms with van der Waals surface area (Å²) in [5.74, 6) is 1.66. The number of carbonyl (C=O) groups excluding carboxylic acids is 1. The van der Waals surface area contributed by atoms with Gasteiger partial charge in [-0.05, 0) is 49.7 Å². The quantitative estimate of drug-likeness (QED) is 0.325. The lowest BCUT2D eigenvalue weighted by molar-refractivity contribution is -0.126. The third-order valence-electron chi connectivity index (χ3n) is 6.21. The monoisotopic (exact) mass is 483 g/mol. The molecule has 36 heavy (non-hydrogen) atoms. The molecule has 1 fully saturated rings. The van der Waals surface area contributed by atoms with Crippen molar-refractivity contribution in [2.24, 2.45) is 7.05 Å². The van der Waals surface area contributed by atoms with Crippen molar-refractivity contribution in [3.63, 3.8) is 0 Å². The molecule has 1 aliphatic rings. The molecule has 0 bridgehead atoms. The third kappa shape index (κ3) is 5.49. The van der Waals surface area contributed by atoms with Gasteiger partial charge < -0.3 is 5.32 Å². The minimum Gasteiger partial charge on any atom is -0.309 e. The number of rotatable bonds is 8. The molecule has 0 aliphatic carbocycles. The van der Waals surface area contributed by atoms with Crippen molar-refractivity contribution >= 4 is 23.5 Å². The first-order valence-electron chi connectivity index (χ1n) is 12.1. The van der Waals surface area contributed by atoms with E-state index in [-0.39, 0.29) is 11.9 Å². The number of carbonyl (C=O) groups is 1. The van der Waals surface area contributed by atoms with E-state index < -0.39 is 0 Å². The highest BCUT2D eigenvalue weighted by atomic mass is 16.2. The lowest BCUT2D eigenvalue weighted by Gasteiger charge is -2.33. The third-order valence-corrected chi connectivity index (χ3v) is 6.21. The van der Waals surface area contributed by atoms with E-state index >= 15 is 0 Å². The summed E-state index contributed by atoms with van der Waals surface area (Å²) in [6, 6.07) is 16.9. The molecule has 3 aromatic heterocycles. The Kier molecular flexibility index (Phi) is 7.13. The molecule has 1 saturated heterocycles. The normalized spacial score (nSPS) is 14.7. The van der Waals surface area contributed by atoms with Gasteiger partial charge in [0.2, 0.25) is 5.95 Å². The number of nitrogens with one attached hydrogen (secondary N) is 3. The molecule has 4 heterocycles. The summed E-state index contributed by atoms with van der Waals surface area (Å²) >= 11 is 0. The second-order valence-electron chi connectivity index (χ2n) is 8.68. The van der Waals surface area contributed by atoms with Crippen LogP contribution in [-0.4, -0.2) is 48.6 Å². The van der Waals surface area contributed by atoms with Gasteiger partial charge in [0, 0.05) is 31.1 Å². The molecule has 1 unspecified atom stereocenters. The zero-order valence-electron chi connectivity index (χ0n) is 20.1. The minimum atomic E-state index is -0.357. The van der Waals surface area contributed by atoms with Gasteiger partial charge in [-0.2, -0.15) is 5.10 Å². The molecule has 184 valence electrons. The van der Waals surface area contributed by atoms with E-state index in [0.717, 1.165) is 48.6 Å². The first kappa shape index (κ1) is 23.4. The fourth-order valence-electron chi connectivity index (χ4n) is 4.38. The molecular weight excluding hydrogens is 454 g/mol. The summed E-state index contributed by atoms with van der Waals surface area (Å²) in [6.07, 6.45) is 8.48. The summed E-state index contributed by atoms with van der Waals surface area (Å²) in [4.78, 5) is 28.8. The Balaban J connectivity index is 1.29. The molecule has 1 amide bonds. The largest absolute Gasteiger partial charge is 0.309 e. The van der Waals surface area contributed by atoms with Crippen LogP contribution >= 0.6 is 0 Å². The van der Waals surface area contributed by atoms with Crippen LogP contribution in [0.4, 0.5) is 17.6 Å². The molecule has 1 atom stereocenters. The number of amides is 1. The molecule has 0 saturated carbocycles. The summed E-state index contributed by atoms with van der Waals surface area (Å²) in [7, 11) is 1.84. The number of hydrazine groups is 1. The second-order valence-corrected chi connectivity index (χ2v) is 8.68. The topological polar surface area (TPSA) is 113 Å². The van der Waals surface area contributed by atoms with Crippen LogP contribution in [0.2, 0.25) is 0 Å². The van der Waals surface area contributed by atoms with Gasteiger partial charge >= 0.3 is 0 Å². The van der Waals surface area contributed by atoms with Crippen LogP contribution in [0, 0.1) is 0 Å². The number of anilines is 3. The van der Waals surface area contributed by atoms with E-state index in [4.69, 9.17) is 0 Å². The zero-order chi connectivity index (χ0) is 24.7. The van der Waals surface area contributed by atoms with Gasteiger partial charge in [0.15, 0.2) is 0 Å². The van der Waals surface area contributed by atoms with Crippen molar-refractivity contribution in [3.05, 3.63) is 78.8 Å². The van der Waals surface area contributed by atoms with Gasteiger partial charge in [0.25, 0.3) is 5.91 Å². The Labute approximate surface area is 209 Å². The number of hydrogen-bond acceptors (Lipinski definition) is 8.